The third-order valence-corrected chi connectivity index (χ3v) is 5.28. The summed E-state index contributed by atoms with van der Waals surface area (Å²) in [7, 11) is 0. The van der Waals surface area contributed by atoms with Gasteiger partial charge in [0.15, 0.2) is 0 Å². The molecule has 1 N–H and O–H groups in total. The molecule has 1 unspecified atom stereocenters. The summed E-state index contributed by atoms with van der Waals surface area (Å²) in [5, 5.41) is 6.92. The van der Waals surface area contributed by atoms with E-state index in [2.05, 4.69) is 39.6 Å². The van der Waals surface area contributed by atoms with E-state index in [0.29, 0.717) is 10.0 Å². The zero-order chi connectivity index (χ0) is 13.8. The summed E-state index contributed by atoms with van der Waals surface area (Å²) in [4.78, 5) is 0. The number of halogens is 3. The summed E-state index contributed by atoms with van der Waals surface area (Å²) in [5.41, 5.74) is 2.34. The highest BCUT2D eigenvalue weighted by Gasteiger charge is 2.15. The molecule has 2 rings (SSSR count). The first kappa shape index (κ1) is 15.3. The largest absolute Gasteiger partial charge is 0.310 e. The van der Waals surface area contributed by atoms with E-state index < -0.39 is 0 Å². The van der Waals surface area contributed by atoms with Crippen LogP contribution >= 0.6 is 50.5 Å². The lowest BCUT2D eigenvalue weighted by Gasteiger charge is -2.18. The van der Waals surface area contributed by atoms with Crippen LogP contribution < -0.4 is 5.32 Å². The highest BCUT2D eigenvalue weighted by Crippen LogP contribution is 2.31. The Morgan fingerprint density at radius 1 is 1.37 bits per heavy atom. The van der Waals surface area contributed by atoms with Gasteiger partial charge in [-0.25, -0.2) is 0 Å². The summed E-state index contributed by atoms with van der Waals surface area (Å²) >= 11 is 17.5. The Labute approximate surface area is 136 Å². The van der Waals surface area contributed by atoms with Crippen LogP contribution in [0, 0.1) is 0 Å². The molecule has 2 aromatic rings. The van der Waals surface area contributed by atoms with Crippen molar-refractivity contribution in [3.63, 3.8) is 0 Å². The second kappa shape index (κ2) is 7.09. The monoisotopic (exact) mass is 377 g/mol. The molecule has 19 heavy (non-hydrogen) atoms. The Hall–Kier alpha value is -0.0600. The number of nitrogens with one attached hydrogen (secondary N) is 1. The normalized spacial score (nSPS) is 12.6. The highest BCUT2D eigenvalue weighted by molar-refractivity contribution is 9.11. The minimum absolute atomic E-state index is 0.253. The molecule has 5 heteroatoms. The van der Waals surface area contributed by atoms with Crippen molar-refractivity contribution in [3.05, 3.63) is 54.6 Å². The first-order valence-electron chi connectivity index (χ1n) is 6.02. The summed E-state index contributed by atoms with van der Waals surface area (Å²) in [6.45, 7) is 3.02. The van der Waals surface area contributed by atoms with Gasteiger partial charge in [-0.2, -0.15) is 0 Å². The van der Waals surface area contributed by atoms with E-state index in [1.807, 2.05) is 18.2 Å². The van der Waals surface area contributed by atoms with Gasteiger partial charge in [-0.1, -0.05) is 42.3 Å². The van der Waals surface area contributed by atoms with Crippen LogP contribution in [0.25, 0.3) is 0 Å². The fraction of sp³-hybridized carbons (Fsp3) is 0.286. The standard InChI is InChI=1S/C14H14BrCl2NS/c1-2-18-12(10-7-13(15)19-8-10)6-9-4-3-5-11(16)14(9)17/h3-5,7-8,12,18H,2,6H2,1H3. The lowest BCUT2D eigenvalue weighted by atomic mass is 10.0. The summed E-state index contributed by atoms with van der Waals surface area (Å²) in [6, 6.07) is 8.19. The Balaban J connectivity index is 2.23. The van der Waals surface area contributed by atoms with Crippen LogP contribution in [0.1, 0.15) is 24.1 Å². The van der Waals surface area contributed by atoms with E-state index in [0.717, 1.165) is 22.3 Å². The molecule has 1 aromatic carbocycles. The number of thiophene rings is 1. The second-order valence-electron chi connectivity index (χ2n) is 4.21. The second-order valence-corrected chi connectivity index (χ2v) is 7.29. The zero-order valence-electron chi connectivity index (χ0n) is 10.4. The minimum Gasteiger partial charge on any atom is -0.310 e. The summed E-state index contributed by atoms with van der Waals surface area (Å²) in [6.07, 6.45) is 0.830. The molecule has 0 bridgehead atoms. The number of hydrogen-bond donors (Lipinski definition) is 1. The number of likely N-dealkylation sites (N-methyl/N-ethyl adjacent to an activating group) is 1. The van der Waals surface area contributed by atoms with Crippen molar-refractivity contribution in [2.45, 2.75) is 19.4 Å². The molecular formula is C14H14BrCl2NS. The number of benzene rings is 1. The lowest BCUT2D eigenvalue weighted by Crippen LogP contribution is -2.22. The van der Waals surface area contributed by atoms with E-state index >= 15 is 0 Å². The smallest absolute Gasteiger partial charge is 0.0701 e. The Morgan fingerprint density at radius 3 is 2.79 bits per heavy atom. The van der Waals surface area contributed by atoms with Crippen molar-refractivity contribution in [2.24, 2.45) is 0 Å². The van der Waals surface area contributed by atoms with Gasteiger partial charge in [0.1, 0.15) is 0 Å². The molecule has 0 aliphatic heterocycles. The fourth-order valence-corrected chi connectivity index (χ4v) is 3.61. The predicted molar refractivity (Wildman–Crippen MR) is 88.6 cm³/mol. The Morgan fingerprint density at radius 2 is 2.16 bits per heavy atom. The molecule has 1 atom stereocenters. The Kier molecular flexibility index (Phi) is 5.72. The van der Waals surface area contributed by atoms with Gasteiger partial charge in [-0.05, 0) is 57.5 Å². The van der Waals surface area contributed by atoms with Gasteiger partial charge in [-0.15, -0.1) is 11.3 Å². The summed E-state index contributed by atoms with van der Waals surface area (Å²) < 4.78 is 1.14. The summed E-state index contributed by atoms with van der Waals surface area (Å²) in [5.74, 6) is 0. The van der Waals surface area contributed by atoms with Crippen LogP contribution in [0.5, 0.6) is 0 Å². The third kappa shape index (κ3) is 3.96. The third-order valence-electron chi connectivity index (χ3n) is 2.90. The van der Waals surface area contributed by atoms with Crippen molar-refractivity contribution >= 4 is 50.5 Å². The molecule has 1 heterocycles. The van der Waals surface area contributed by atoms with Gasteiger partial charge in [0.25, 0.3) is 0 Å². The van der Waals surface area contributed by atoms with Gasteiger partial charge < -0.3 is 5.32 Å². The van der Waals surface area contributed by atoms with Crippen LogP contribution in [0.2, 0.25) is 10.0 Å². The van der Waals surface area contributed by atoms with Gasteiger partial charge in [0.2, 0.25) is 0 Å². The average Bonchev–Trinajstić information content (AvgIpc) is 2.81. The van der Waals surface area contributed by atoms with Gasteiger partial charge in [-0.3, -0.25) is 0 Å². The fourth-order valence-electron chi connectivity index (χ4n) is 1.99. The molecule has 0 aliphatic rings. The van der Waals surface area contributed by atoms with E-state index in [1.54, 1.807) is 11.3 Å². The van der Waals surface area contributed by atoms with Gasteiger partial charge in [0.05, 0.1) is 13.8 Å². The van der Waals surface area contributed by atoms with Gasteiger partial charge >= 0.3 is 0 Å². The quantitative estimate of drug-likeness (QED) is 0.702. The van der Waals surface area contributed by atoms with Crippen LogP contribution in [-0.4, -0.2) is 6.54 Å². The molecule has 0 amide bonds. The van der Waals surface area contributed by atoms with Crippen molar-refractivity contribution in [2.75, 3.05) is 6.54 Å². The number of rotatable bonds is 5. The molecule has 0 fully saturated rings. The van der Waals surface area contributed by atoms with E-state index in [-0.39, 0.29) is 6.04 Å². The van der Waals surface area contributed by atoms with Gasteiger partial charge in [0, 0.05) is 6.04 Å². The van der Waals surface area contributed by atoms with E-state index in [9.17, 15) is 0 Å². The first-order chi connectivity index (χ1) is 9.11. The lowest BCUT2D eigenvalue weighted by molar-refractivity contribution is 0.551. The maximum absolute atomic E-state index is 6.26. The topological polar surface area (TPSA) is 12.0 Å². The van der Waals surface area contributed by atoms with Crippen LogP contribution in [0.4, 0.5) is 0 Å². The molecule has 102 valence electrons. The van der Waals surface area contributed by atoms with Crippen LogP contribution in [0.15, 0.2) is 33.4 Å². The van der Waals surface area contributed by atoms with Crippen molar-refractivity contribution in [3.8, 4) is 0 Å². The highest BCUT2D eigenvalue weighted by atomic mass is 79.9. The SMILES string of the molecule is CCNC(Cc1cccc(Cl)c1Cl)c1csc(Br)c1. The molecule has 0 aliphatic carbocycles. The minimum atomic E-state index is 0.253. The van der Waals surface area contributed by atoms with Crippen molar-refractivity contribution in [1.29, 1.82) is 0 Å². The molecular weight excluding hydrogens is 365 g/mol. The molecule has 0 radical (unpaired) electrons. The van der Waals surface area contributed by atoms with Crippen LogP contribution in [0.3, 0.4) is 0 Å². The van der Waals surface area contributed by atoms with Crippen LogP contribution in [-0.2, 0) is 6.42 Å². The molecule has 0 saturated heterocycles. The maximum Gasteiger partial charge on any atom is 0.0701 e. The molecule has 1 nitrogen and oxygen atoms in total. The number of hydrogen-bond acceptors (Lipinski definition) is 2. The van der Waals surface area contributed by atoms with E-state index in [1.165, 1.54) is 5.56 Å². The zero-order valence-corrected chi connectivity index (χ0v) is 14.3. The molecule has 0 spiro atoms. The predicted octanol–water partition coefficient (Wildman–Crippen LogP) is 5.71. The Bertz CT molecular complexity index is 556. The van der Waals surface area contributed by atoms with E-state index in [4.69, 9.17) is 23.2 Å². The average molecular weight is 379 g/mol. The molecule has 1 aromatic heterocycles. The van der Waals surface area contributed by atoms with Crippen molar-refractivity contribution < 1.29 is 0 Å². The maximum atomic E-state index is 6.26. The van der Waals surface area contributed by atoms with Crippen molar-refractivity contribution in [1.82, 2.24) is 5.32 Å². The first-order valence-corrected chi connectivity index (χ1v) is 8.45. The molecule has 0 saturated carbocycles.